The minimum absolute atomic E-state index is 0.155. The summed E-state index contributed by atoms with van der Waals surface area (Å²) in [4.78, 5) is 0. The second-order valence-electron chi connectivity index (χ2n) is 4.11. The third kappa shape index (κ3) is 3.52. The van der Waals surface area contributed by atoms with Gasteiger partial charge in [-0.1, -0.05) is 12.1 Å². The Kier molecular flexibility index (Phi) is 4.50. The van der Waals surface area contributed by atoms with Gasteiger partial charge in [0.2, 0.25) is 0 Å². The van der Waals surface area contributed by atoms with Gasteiger partial charge < -0.3 is 11.1 Å². The van der Waals surface area contributed by atoms with Crippen molar-refractivity contribution in [2.75, 3.05) is 11.9 Å². The first kappa shape index (κ1) is 14.0. The van der Waals surface area contributed by atoms with Crippen LogP contribution in [0, 0.1) is 11.6 Å². The van der Waals surface area contributed by atoms with Gasteiger partial charge >= 0.3 is 0 Å². The van der Waals surface area contributed by atoms with Gasteiger partial charge in [-0.3, -0.25) is 0 Å². The van der Waals surface area contributed by atoms with E-state index in [2.05, 4.69) is 21.2 Å². The molecule has 0 saturated carbocycles. The Morgan fingerprint density at radius 1 is 1.11 bits per heavy atom. The van der Waals surface area contributed by atoms with Crippen LogP contribution in [0.3, 0.4) is 0 Å². The van der Waals surface area contributed by atoms with E-state index in [4.69, 9.17) is 5.73 Å². The Morgan fingerprint density at radius 2 is 1.79 bits per heavy atom. The molecular formula is C14H13BrF2N2. The standard InChI is InChI=1S/C14H13BrF2N2/c15-12-7-11(5-6-13(12)17)19-14(8-18)9-1-3-10(16)4-2-9/h1-7,14,19H,8,18H2. The van der Waals surface area contributed by atoms with Crippen molar-refractivity contribution in [1.29, 1.82) is 0 Å². The highest BCUT2D eigenvalue weighted by atomic mass is 79.9. The number of hydrogen-bond acceptors (Lipinski definition) is 2. The van der Waals surface area contributed by atoms with Crippen molar-refractivity contribution in [1.82, 2.24) is 0 Å². The first-order valence-electron chi connectivity index (χ1n) is 5.77. The van der Waals surface area contributed by atoms with Crippen molar-refractivity contribution in [2.24, 2.45) is 5.73 Å². The Balaban J connectivity index is 2.18. The van der Waals surface area contributed by atoms with Crippen molar-refractivity contribution < 1.29 is 8.78 Å². The smallest absolute Gasteiger partial charge is 0.137 e. The van der Waals surface area contributed by atoms with Crippen molar-refractivity contribution >= 4 is 21.6 Å². The summed E-state index contributed by atoms with van der Waals surface area (Å²) in [7, 11) is 0. The number of halogens is 3. The number of hydrogen-bond donors (Lipinski definition) is 2. The lowest BCUT2D eigenvalue weighted by molar-refractivity contribution is 0.621. The third-order valence-corrected chi connectivity index (χ3v) is 3.38. The maximum atomic E-state index is 13.1. The molecule has 0 saturated heterocycles. The minimum Gasteiger partial charge on any atom is -0.377 e. The molecule has 0 amide bonds. The monoisotopic (exact) mass is 326 g/mol. The van der Waals surface area contributed by atoms with Crippen LogP contribution in [0.5, 0.6) is 0 Å². The Morgan fingerprint density at radius 3 is 2.37 bits per heavy atom. The topological polar surface area (TPSA) is 38.0 Å². The van der Waals surface area contributed by atoms with Crippen LogP contribution in [-0.2, 0) is 0 Å². The molecule has 1 atom stereocenters. The molecule has 1 unspecified atom stereocenters. The fourth-order valence-electron chi connectivity index (χ4n) is 1.76. The van der Waals surface area contributed by atoms with Crippen molar-refractivity contribution in [3.8, 4) is 0 Å². The molecule has 0 radical (unpaired) electrons. The van der Waals surface area contributed by atoms with Gasteiger partial charge in [0, 0.05) is 12.2 Å². The second kappa shape index (κ2) is 6.12. The lowest BCUT2D eigenvalue weighted by Crippen LogP contribution is -2.20. The first-order valence-corrected chi connectivity index (χ1v) is 6.56. The Hall–Kier alpha value is -1.46. The average molecular weight is 327 g/mol. The summed E-state index contributed by atoms with van der Waals surface area (Å²) >= 11 is 3.13. The van der Waals surface area contributed by atoms with Gasteiger partial charge in [-0.2, -0.15) is 0 Å². The molecule has 19 heavy (non-hydrogen) atoms. The van der Waals surface area contributed by atoms with Gasteiger partial charge in [0.05, 0.1) is 10.5 Å². The average Bonchev–Trinajstić information content (AvgIpc) is 2.41. The van der Waals surface area contributed by atoms with E-state index in [0.29, 0.717) is 11.0 Å². The van der Waals surface area contributed by atoms with E-state index < -0.39 is 0 Å². The number of rotatable bonds is 4. The van der Waals surface area contributed by atoms with Crippen LogP contribution in [0.25, 0.3) is 0 Å². The normalized spacial score (nSPS) is 12.2. The molecule has 2 aromatic carbocycles. The summed E-state index contributed by atoms with van der Waals surface area (Å²) in [5, 5.41) is 3.19. The lowest BCUT2D eigenvalue weighted by atomic mass is 10.1. The van der Waals surface area contributed by atoms with E-state index in [-0.39, 0.29) is 17.7 Å². The van der Waals surface area contributed by atoms with Gasteiger partial charge in [-0.15, -0.1) is 0 Å². The Bertz CT molecular complexity index is 558. The molecule has 2 nitrogen and oxygen atoms in total. The first-order chi connectivity index (χ1) is 9.10. The van der Waals surface area contributed by atoms with Crippen LogP contribution in [0.4, 0.5) is 14.5 Å². The summed E-state index contributed by atoms with van der Waals surface area (Å²) in [6, 6.07) is 10.6. The predicted octanol–water partition coefficient (Wildman–Crippen LogP) is 3.84. The van der Waals surface area contributed by atoms with Crippen LogP contribution in [0.15, 0.2) is 46.9 Å². The largest absolute Gasteiger partial charge is 0.377 e. The van der Waals surface area contributed by atoms with E-state index in [1.165, 1.54) is 18.2 Å². The van der Waals surface area contributed by atoms with E-state index in [0.717, 1.165) is 11.3 Å². The van der Waals surface area contributed by atoms with Crippen LogP contribution < -0.4 is 11.1 Å². The van der Waals surface area contributed by atoms with Crippen molar-refractivity contribution in [2.45, 2.75) is 6.04 Å². The van der Waals surface area contributed by atoms with Crippen molar-refractivity contribution in [3.05, 3.63) is 64.1 Å². The van der Waals surface area contributed by atoms with E-state index in [9.17, 15) is 8.78 Å². The molecule has 0 spiro atoms. The van der Waals surface area contributed by atoms with Crippen LogP contribution >= 0.6 is 15.9 Å². The maximum absolute atomic E-state index is 13.1. The highest BCUT2D eigenvalue weighted by molar-refractivity contribution is 9.10. The van der Waals surface area contributed by atoms with Crippen molar-refractivity contribution in [3.63, 3.8) is 0 Å². The number of benzene rings is 2. The van der Waals surface area contributed by atoms with Gasteiger partial charge in [0.1, 0.15) is 11.6 Å². The number of anilines is 1. The summed E-state index contributed by atoms with van der Waals surface area (Å²) < 4.78 is 26.4. The summed E-state index contributed by atoms with van der Waals surface area (Å²) in [5.74, 6) is -0.610. The quantitative estimate of drug-likeness (QED) is 0.895. The molecule has 0 fully saturated rings. The molecule has 3 N–H and O–H groups in total. The zero-order valence-electron chi connectivity index (χ0n) is 10.0. The molecule has 2 aromatic rings. The fraction of sp³-hybridized carbons (Fsp3) is 0.143. The van der Waals surface area contributed by atoms with Crippen LogP contribution in [0.2, 0.25) is 0 Å². The predicted molar refractivity (Wildman–Crippen MR) is 75.9 cm³/mol. The van der Waals surface area contributed by atoms with Crippen LogP contribution in [-0.4, -0.2) is 6.54 Å². The summed E-state index contributed by atoms with van der Waals surface area (Å²) in [6.45, 7) is 0.348. The van der Waals surface area contributed by atoms with Gasteiger partial charge in [-0.25, -0.2) is 8.78 Å². The number of nitrogens with one attached hydrogen (secondary N) is 1. The van der Waals surface area contributed by atoms with Gasteiger partial charge in [0.15, 0.2) is 0 Å². The van der Waals surface area contributed by atoms with Crippen LogP contribution in [0.1, 0.15) is 11.6 Å². The number of nitrogens with two attached hydrogens (primary N) is 1. The molecule has 100 valence electrons. The summed E-state index contributed by atoms with van der Waals surface area (Å²) in [6.07, 6.45) is 0. The highest BCUT2D eigenvalue weighted by Gasteiger charge is 2.10. The highest BCUT2D eigenvalue weighted by Crippen LogP contribution is 2.24. The van der Waals surface area contributed by atoms with E-state index >= 15 is 0 Å². The third-order valence-electron chi connectivity index (χ3n) is 2.77. The molecule has 2 rings (SSSR count). The molecule has 0 bridgehead atoms. The molecule has 0 heterocycles. The molecule has 0 aliphatic heterocycles. The lowest BCUT2D eigenvalue weighted by Gasteiger charge is -2.19. The maximum Gasteiger partial charge on any atom is 0.137 e. The Labute approximate surface area is 118 Å². The molecule has 5 heteroatoms. The zero-order valence-corrected chi connectivity index (χ0v) is 11.6. The van der Waals surface area contributed by atoms with E-state index in [1.54, 1.807) is 24.3 Å². The summed E-state index contributed by atoms with van der Waals surface area (Å²) in [5.41, 5.74) is 7.34. The van der Waals surface area contributed by atoms with E-state index in [1.807, 2.05) is 0 Å². The zero-order chi connectivity index (χ0) is 13.8. The van der Waals surface area contributed by atoms with Gasteiger partial charge in [-0.05, 0) is 51.8 Å². The molecule has 0 aliphatic rings. The molecule has 0 aliphatic carbocycles. The van der Waals surface area contributed by atoms with Gasteiger partial charge in [0.25, 0.3) is 0 Å². The fourth-order valence-corrected chi connectivity index (χ4v) is 2.14. The SMILES string of the molecule is NCC(Nc1ccc(F)c(Br)c1)c1ccc(F)cc1. The minimum atomic E-state index is -0.323. The molecular weight excluding hydrogens is 314 g/mol. The second-order valence-corrected chi connectivity index (χ2v) is 4.97. The molecule has 0 aromatic heterocycles.